The van der Waals surface area contributed by atoms with Gasteiger partial charge in [0.15, 0.2) is 0 Å². The van der Waals surface area contributed by atoms with Crippen molar-refractivity contribution in [2.24, 2.45) is 5.92 Å². The average Bonchev–Trinajstić information content (AvgIpc) is 2.35. The second-order valence-corrected chi connectivity index (χ2v) is 6.12. The molecule has 102 valence electrons. The fourth-order valence-corrected chi connectivity index (χ4v) is 2.69. The maximum atomic E-state index is 9.37. The van der Waals surface area contributed by atoms with Crippen LogP contribution in [-0.2, 0) is 0 Å². The van der Waals surface area contributed by atoms with Crippen LogP contribution in [0.25, 0.3) is 0 Å². The second-order valence-electron chi connectivity index (χ2n) is 6.12. The van der Waals surface area contributed by atoms with Crippen LogP contribution in [0, 0.1) is 5.92 Å². The maximum Gasteiger partial charge on any atom is 0.0610 e. The first kappa shape index (κ1) is 14.9. The molecule has 1 aliphatic rings. The van der Waals surface area contributed by atoms with E-state index in [9.17, 15) is 5.11 Å². The molecule has 0 amide bonds. The lowest BCUT2D eigenvalue weighted by Crippen LogP contribution is -2.47. The molecule has 0 spiro atoms. The lowest BCUT2D eigenvalue weighted by atomic mass is 9.86. The highest BCUT2D eigenvalue weighted by Crippen LogP contribution is 2.27. The zero-order valence-electron chi connectivity index (χ0n) is 12.0. The van der Waals surface area contributed by atoms with Crippen molar-refractivity contribution >= 4 is 0 Å². The Hall–Kier alpha value is -0.120. The van der Waals surface area contributed by atoms with Crippen LogP contribution in [0.4, 0.5) is 0 Å². The Bertz CT molecular complexity index is 216. The van der Waals surface area contributed by atoms with Gasteiger partial charge in [-0.3, -0.25) is 0 Å². The van der Waals surface area contributed by atoms with Crippen LogP contribution in [-0.4, -0.2) is 48.8 Å². The monoisotopic (exact) mass is 242 g/mol. The highest BCUT2D eigenvalue weighted by Gasteiger charge is 2.25. The summed E-state index contributed by atoms with van der Waals surface area (Å²) in [6.07, 6.45) is 6.46. The molecule has 1 rings (SSSR count). The van der Waals surface area contributed by atoms with Gasteiger partial charge in [-0.15, -0.1) is 0 Å². The van der Waals surface area contributed by atoms with Crippen LogP contribution in [0.1, 0.15) is 46.0 Å². The molecule has 0 aliphatic heterocycles. The Morgan fingerprint density at radius 2 is 2.12 bits per heavy atom. The number of nitrogens with zero attached hydrogens (tertiary/aromatic N) is 1. The molecule has 2 N–H and O–H groups in total. The topological polar surface area (TPSA) is 35.5 Å². The molecule has 3 atom stereocenters. The van der Waals surface area contributed by atoms with E-state index in [1.165, 1.54) is 25.7 Å². The SMILES string of the molecule is CNC(C)(CO)CCN(C)C1CCCC(C)C1. The predicted molar refractivity (Wildman–Crippen MR) is 73.2 cm³/mol. The van der Waals surface area contributed by atoms with Crippen molar-refractivity contribution in [3.05, 3.63) is 0 Å². The van der Waals surface area contributed by atoms with Crippen molar-refractivity contribution in [2.45, 2.75) is 57.5 Å². The molecule has 0 heterocycles. The third-order valence-corrected chi connectivity index (χ3v) is 4.50. The Morgan fingerprint density at radius 3 is 2.65 bits per heavy atom. The minimum absolute atomic E-state index is 0.130. The summed E-state index contributed by atoms with van der Waals surface area (Å²) in [5, 5.41) is 12.6. The summed E-state index contributed by atoms with van der Waals surface area (Å²) in [5.74, 6) is 0.879. The van der Waals surface area contributed by atoms with Crippen LogP contribution in [0.3, 0.4) is 0 Å². The van der Waals surface area contributed by atoms with Gasteiger partial charge in [-0.05, 0) is 52.7 Å². The smallest absolute Gasteiger partial charge is 0.0610 e. The summed E-state index contributed by atoms with van der Waals surface area (Å²) in [6, 6.07) is 0.749. The van der Waals surface area contributed by atoms with Gasteiger partial charge in [0.2, 0.25) is 0 Å². The molecule has 1 aliphatic carbocycles. The van der Waals surface area contributed by atoms with Crippen LogP contribution in [0.15, 0.2) is 0 Å². The minimum Gasteiger partial charge on any atom is -0.394 e. The van der Waals surface area contributed by atoms with E-state index in [1.807, 2.05) is 7.05 Å². The van der Waals surface area contributed by atoms with Gasteiger partial charge < -0.3 is 15.3 Å². The van der Waals surface area contributed by atoms with Gasteiger partial charge in [-0.2, -0.15) is 0 Å². The molecule has 0 bridgehead atoms. The van der Waals surface area contributed by atoms with Crippen molar-refractivity contribution in [1.82, 2.24) is 10.2 Å². The summed E-state index contributed by atoms with van der Waals surface area (Å²) in [7, 11) is 4.16. The van der Waals surface area contributed by atoms with Gasteiger partial charge >= 0.3 is 0 Å². The van der Waals surface area contributed by atoms with Gasteiger partial charge in [-0.1, -0.05) is 19.8 Å². The molecule has 0 aromatic carbocycles. The molecular formula is C14H30N2O. The van der Waals surface area contributed by atoms with E-state index in [0.29, 0.717) is 0 Å². The van der Waals surface area contributed by atoms with E-state index >= 15 is 0 Å². The quantitative estimate of drug-likeness (QED) is 0.746. The normalized spacial score (nSPS) is 29.3. The lowest BCUT2D eigenvalue weighted by molar-refractivity contribution is 0.124. The lowest BCUT2D eigenvalue weighted by Gasteiger charge is -2.36. The van der Waals surface area contributed by atoms with Crippen LogP contribution in [0.2, 0.25) is 0 Å². The van der Waals surface area contributed by atoms with Gasteiger partial charge in [0, 0.05) is 11.6 Å². The predicted octanol–water partition coefficient (Wildman–Crippen LogP) is 1.86. The Morgan fingerprint density at radius 1 is 1.41 bits per heavy atom. The number of nitrogens with one attached hydrogen (secondary N) is 1. The third kappa shape index (κ3) is 4.57. The first-order chi connectivity index (χ1) is 8.00. The third-order valence-electron chi connectivity index (χ3n) is 4.50. The zero-order chi connectivity index (χ0) is 12.9. The van der Waals surface area contributed by atoms with Gasteiger partial charge in [0.1, 0.15) is 0 Å². The number of hydrogen-bond donors (Lipinski definition) is 2. The van der Waals surface area contributed by atoms with Crippen molar-refractivity contribution < 1.29 is 5.11 Å². The largest absolute Gasteiger partial charge is 0.394 e. The molecule has 0 radical (unpaired) electrons. The number of rotatable bonds is 6. The summed E-state index contributed by atoms with van der Waals surface area (Å²) >= 11 is 0. The highest BCUT2D eigenvalue weighted by molar-refractivity contribution is 4.84. The standard InChI is InChI=1S/C14H30N2O/c1-12-6-5-7-13(10-12)16(4)9-8-14(2,11-17)15-3/h12-13,15,17H,5-11H2,1-4H3. The Balaban J connectivity index is 2.35. The maximum absolute atomic E-state index is 9.37. The molecular weight excluding hydrogens is 212 g/mol. The zero-order valence-corrected chi connectivity index (χ0v) is 12.0. The molecule has 1 fully saturated rings. The first-order valence-corrected chi connectivity index (χ1v) is 7.01. The van der Waals surface area contributed by atoms with Crippen LogP contribution < -0.4 is 5.32 Å². The molecule has 3 nitrogen and oxygen atoms in total. The minimum atomic E-state index is -0.130. The molecule has 3 unspecified atom stereocenters. The van der Waals surface area contributed by atoms with Crippen molar-refractivity contribution in [3.8, 4) is 0 Å². The van der Waals surface area contributed by atoms with Gasteiger partial charge in [-0.25, -0.2) is 0 Å². The Kier molecular flexibility index (Phi) is 5.90. The van der Waals surface area contributed by atoms with Crippen LogP contribution in [0.5, 0.6) is 0 Å². The fourth-order valence-electron chi connectivity index (χ4n) is 2.69. The van der Waals surface area contributed by atoms with Crippen molar-refractivity contribution in [3.63, 3.8) is 0 Å². The van der Waals surface area contributed by atoms with E-state index in [0.717, 1.165) is 24.9 Å². The van der Waals surface area contributed by atoms with Crippen molar-refractivity contribution in [2.75, 3.05) is 27.2 Å². The van der Waals surface area contributed by atoms with Crippen molar-refractivity contribution in [1.29, 1.82) is 0 Å². The van der Waals surface area contributed by atoms with Gasteiger partial charge in [0.05, 0.1) is 6.61 Å². The van der Waals surface area contributed by atoms with E-state index in [-0.39, 0.29) is 12.1 Å². The summed E-state index contributed by atoms with van der Waals surface area (Å²) < 4.78 is 0. The average molecular weight is 242 g/mol. The second kappa shape index (κ2) is 6.72. The first-order valence-electron chi connectivity index (χ1n) is 7.01. The molecule has 1 saturated carbocycles. The molecule has 0 saturated heterocycles. The molecule has 0 aromatic rings. The fraction of sp³-hybridized carbons (Fsp3) is 1.00. The summed E-state index contributed by atoms with van der Waals surface area (Å²) in [6.45, 7) is 5.73. The molecule has 17 heavy (non-hydrogen) atoms. The molecule has 0 aromatic heterocycles. The summed E-state index contributed by atoms with van der Waals surface area (Å²) in [4.78, 5) is 2.49. The Labute approximate surface area is 107 Å². The van der Waals surface area contributed by atoms with E-state index < -0.39 is 0 Å². The number of aliphatic hydroxyl groups is 1. The van der Waals surface area contributed by atoms with E-state index in [1.54, 1.807) is 0 Å². The van der Waals surface area contributed by atoms with Crippen LogP contribution >= 0.6 is 0 Å². The van der Waals surface area contributed by atoms with E-state index in [2.05, 4.69) is 31.1 Å². The van der Waals surface area contributed by atoms with E-state index in [4.69, 9.17) is 0 Å². The number of likely N-dealkylation sites (N-methyl/N-ethyl adjacent to an activating group) is 1. The summed E-state index contributed by atoms with van der Waals surface area (Å²) in [5.41, 5.74) is -0.130. The van der Waals surface area contributed by atoms with Gasteiger partial charge in [0.25, 0.3) is 0 Å². The number of hydrogen-bond acceptors (Lipinski definition) is 3. The number of aliphatic hydroxyl groups excluding tert-OH is 1. The molecule has 3 heteroatoms. The highest BCUT2D eigenvalue weighted by atomic mass is 16.3.